The summed E-state index contributed by atoms with van der Waals surface area (Å²) in [5, 5.41) is 5.91. The summed E-state index contributed by atoms with van der Waals surface area (Å²) in [5.41, 5.74) is 0.607. The molecule has 0 saturated heterocycles. The first-order valence-corrected chi connectivity index (χ1v) is 8.83. The molecule has 0 radical (unpaired) electrons. The normalized spacial score (nSPS) is 12.6. The Balaban J connectivity index is 2.19. The molecule has 4 aromatic rings. The average molecular weight is 379 g/mol. The molecular weight excluding hydrogens is 366 g/mol. The number of fused-ring (bicyclic) bond motifs is 6. The number of hydrogen-bond donors (Lipinski definition) is 0. The second-order valence-electron chi connectivity index (χ2n) is 6.38. The minimum absolute atomic E-state index is 0.607. The zero-order valence-corrected chi connectivity index (χ0v) is 15.1. The van der Waals surface area contributed by atoms with Crippen LogP contribution in [0.3, 0.4) is 0 Å². The van der Waals surface area contributed by atoms with Gasteiger partial charge in [0.05, 0.1) is 0 Å². The second-order valence-corrected chi connectivity index (χ2v) is 6.38. The molecule has 0 aromatic heterocycles. The fourth-order valence-corrected chi connectivity index (χ4v) is 3.86. The van der Waals surface area contributed by atoms with E-state index in [1.807, 2.05) is 54.6 Å². The summed E-state index contributed by atoms with van der Waals surface area (Å²) in [5.74, 6) is 0. The Morgan fingerprint density at radius 2 is 1.00 bits per heavy atom. The van der Waals surface area contributed by atoms with Gasteiger partial charge >= 0.3 is 0 Å². The largest absolute Gasteiger partial charge is 0.237 e. The number of benzene rings is 4. The van der Waals surface area contributed by atoms with Gasteiger partial charge in [0.2, 0.25) is 18.2 Å². The average Bonchev–Trinajstić information content (AvgIpc) is 2.77. The summed E-state index contributed by atoms with van der Waals surface area (Å²) in [6.07, 6.45) is 3.04. The first-order chi connectivity index (χ1) is 14.3. The number of carbonyl (C=O) groups excluding carboxylic acids is 3. The van der Waals surface area contributed by atoms with Crippen LogP contribution in [0.25, 0.3) is 32.3 Å². The van der Waals surface area contributed by atoms with Crippen molar-refractivity contribution in [1.82, 2.24) is 0 Å². The fourth-order valence-electron chi connectivity index (χ4n) is 3.86. The van der Waals surface area contributed by atoms with Crippen LogP contribution in [-0.4, -0.2) is 24.4 Å². The van der Waals surface area contributed by atoms with Gasteiger partial charge in [0, 0.05) is 0 Å². The van der Waals surface area contributed by atoms with Gasteiger partial charge in [-0.05, 0) is 37.9 Å². The highest BCUT2D eigenvalue weighted by molar-refractivity contribution is 6.26. The Hall–Kier alpha value is -4.20. The first kappa shape index (κ1) is 18.2. The molecule has 4 aromatic carbocycles. The molecule has 0 amide bonds. The van der Waals surface area contributed by atoms with Crippen molar-refractivity contribution in [3.8, 4) is 0 Å². The van der Waals surface area contributed by atoms with Crippen LogP contribution in [0.2, 0.25) is 0 Å². The fraction of sp³-hybridized carbons (Fsp3) is 0.0870. The van der Waals surface area contributed by atoms with Crippen LogP contribution in [0, 0.1) is 0 Å². The Morgan fingerprint density at radius 3 is 1.52 bits per heavy atom. The molecule has 1 atom stereocenters. The van der Waals surface area contributed by atoms with E-state index in [2.05, 4.69) is 21.0 Å². The summed E-state index contributed by atoms with van der Waals surface area (Å²) >= 11 is 0. The van der Waals surface area contributed by atoms with Gasteiger partial charge < -0.3 is 0 Å². The van der Waals surface area contributed by atoms with Crippen molar-refractivity contribution < 1.29 is 14.4 Å². The molecule has 0 saturated carbocycles. The van der Waals surface area contributed by atoms with Gasteiger partial charge in [-0.25, -0.2) is 14.4 Å². The molecular formula is C23H13N3O3. The summed E-state index contributed by atoms with van der Waals surface area (Å²) < 4.78 is 0. The quantitative estimate of drug-likeness (QED) is 0.290. The summed E-state index contributed by atoms with van der Waals surface area (Å²) in [7, 11) is 0. The minimum atomic E-state index is -1.25. The monoisotopic (exact) mass is 379 g/mol. The van der Waals surface area contributed by atoms with Crippen molar-refractivity contribution >= 4 is 50.6 Å². The van der Waals surface area contributed by atoms with Crippen LogP contribution in [-0.2, 0) is 14.4 Å². The van der Waals surface area contributed by atoms with Crippen molar-refractivity contribution in [1.29, 1.82) is 0 Å². The van der Waals surface area contributed by atoms with Gasteiger partial charge in [-0.3, -0.25) is 0 Å². The predicted molar refractivity (Wildman–Crippen MR) is 110 cm³/mol. The lowest BCUT2D eigenvalue weighted by molar-refractivity contribution is 0.516. The van der Waals surface area contributed by atoms with E-state index in [4.69, 9.17) is 0 Å². The number of nitrogens with zero attached hydrogens (tertiary/aromatic N) is 3. The molecule has 0 aliphatic carbocycles. The second kappa shape index (κ2) is 7.81. The van der Waals surface area contributed by atoms with E-state index in [0.29, 0.717) is 5.56 Å². The van der Waals surface area contributed by atoms with E-state index in [1.165, 1.54) is 18.2 Å². The van der Waals surface area contributed by atoms with Gasteiger partial charge in [-0.15, -0.1) is 0 Å². The van der Waals surface area contributed by atoms with Gasteiger partial charge in [0.25, 0.3) is 0 Å². The molecule has 29 heavy (non-hydrogen) atoms. The number of isocyanates is 3. The minimum Gasteiger partial charge on any atom is -0.211 e. The molecule has 4 rings (SSSR count). The van der Waals surface area contributed by atoms with Crippen molar-refractivity contribution in [2.24, 2.45) is 15.0 Å². The molecule has 0 bridgehead atoms. The molecule has 0 heterocycles. The zero-order valence-electron chi connectivity index (χ0n) is 15.1. The molecule has 0 aliphatic heterocycles. The third-order valence-corrected chi connectivity index (χ3v) is 4.96. The molecule has 0 N–H and O–H groups in total. The van der Waals surface area contributed by atoms with E-state index < -0.39 is 12.2 Å². The van der Waals surface area contributed by atoms with Crippen LogP contribution in [0.5, 0.6) is 0 Å². The van der Waals surface area contributed by atoms with Crippen LogP contribution < -0.4 is 0 Å². The van der Waals surface area contributed by atoms with Crippen molar-refractivity contribution in [2.45, 2.75) is 12.2 Å². The smallest absolute Gasteiger partial charge is 0.211 e. The lowest BCUT2D eigenvalue weighted by Crippen LogP contribution is -2.13. The summed E-state index contributed by atoms with van der Waals surface area (Å²) in [6, 6.07) is 20.5. The zero-order chi connectivity index (χ0) is 20.2. The summed E-state index contributed by atoms with van der Waals surface area (Å²) in [4.78, 5) is 43.8. The van der Waals surface area contributed by atoms with Crippen LogP contribution >= 0.6 is 0 Å². The lowest BCUT2D eigenvalue weighted by atomic mass is 9.89. The third-order valence-electron chi connectivity index (χ3n) is 4.96. The van der Waals surface area contributed by atoms with Crippen LogP contribution in [0.1, 0.15) is 11.6 Å². The van der Waals surface area contributed by atoms with E-state index in [9.17, 15) is 14.4 Å². The maximum Gasteiger partial charge on any atom is 0.237 e. The molecule has 6 heteroatoms. The standard InChI is InChI=1S/C23H13N3O3/c27-12-24-22(23(25-13-28)26-14-29)20-11-5-10-19-17-7-2-1-6-15(17)16-8-3-4-9-18(16)21(19)20/h1-11,22-23H. The maximum absolute atomic E-state index is 11.1. The highest BCUT2D eigenvalue weighted by Gasteiger charge is 2.25. The van der Waals surface area contributed by atoms with Gasteiger partial charge in [0.15, 0.2) is 6.17 Å². The Bertz CT molecular complexity index is 1330. The SMILES string of the molecule is O=C=NC(N=C=O)C(N=C=O)c1cccc2c3ccccc3c3ccccc3c12. The topological polar surface area (TPSA) is 88.3 Å². The number of rotatable bonds is 5. The van der Waals surface area contributed by atoms with E-state index in [1.54, 1.807) is 6.07 Å². The highest BCUT2D eigenvalue weighted by atomic mass is 16.1. The van der Waals surface area contributed by atoms with Gasteiger partial charge in [-0.2, -0.15) is 15.0 Å². The van der Waals surface area contributed by atoms with Gasteiger partial charge in [-0.1, -0.05) is 66.7 Å². The van der Waals surface area contributed by atoms with Crippen molar-refractivity contribution in [3.63, 3.8) is 0 Å². The van der Waals surface area contributed by atoms with Crippen molar-refractivity contribution in [2.75, 3.05) is 0 Å². The number of hydrogen-bond acceptors (Lipinski definition) is 6. The Kier molecular flexibility index (Phi) is 4.90. The molecule has 6 nitrogen and oxygen atoms in total. The first-order valence-electron chi connectivity index (χ1n) is 8.83. The van der Waals surface area contributed by atoms with E-state index >= 15 is 0 Å². The molecule has 138 valence electrons. The maximum atomic E-state index is 11.1. The van der Waals surface area contributed by atoms with Crippen molar-refractivity contribution in [3.05, 3.63) is 72.3 Å². The Labute approximate surface area is 164 Å². The molecule has 0 aliphatic rings. The summed E-state index contributed by atoms with van der Waals surface area (Å²) in [6.45, 7) is 0. The van der Waals surface area contributed by atoms with Crippen LogP contribution in [0.4, 0.5) is 0 Å². The molecule has 0 fully saturated rings. The Morgan fingerprint density at radius 1 is 0.552 bits per heavy atom. The third kappa shape index (κ3) is 3.06. The molecule has 1 unspecified atom stereocenters. The van der Waals surface area contributed by atoms with E-state index in [-0.39, 0.29) is 0 Å². The van der Waals surface area contributed by atoms with E-state index in [0.717, 1.165) is 32.3 Å². The number of aliphatic imine (C=N–C) groups is 3. The lowest BCUT2D eigenvalue weighted by Gasteiger charge is -2.19. The van der Waals surface area contributed by atoms with Crippen LogP contribution in [0.15, 0.2) is 81.7 Å². The highest BCUT2D eigenvalue weighted by Crippen LogP contribution is 2.40. The molecule has 0 spiro atoms. The van der Waals surface area contributed by atoms with Gasteiger partial charge in [0.1, 0.15) is 6.04 Å². The predicted octanol–water partition coefficient (Wildman–Crippen LogP) is 4.52.